The Balaban J connectivity index is 2.13. The molecule has 0 aliphatic rings. The molecule has 24 heavy (non-hydrogen) atoms. The fraction of sp³-hybridized carbons (Fsp3) is 0.133. The highest BCUT2D eigenvalue weighted by molar-refractivity contribution is 7.89. The zero-order valence-electron chi connectivity index (χ0n) is 12.7. The fourth-order valence-electron chi connectivity index (χ4n) is 2.03. The number of nitro benzene ring substituents is 1. The van der Waals surface area contributed by atoms with Crippen molar-refractivity contribution in [1.82, 2.24) is 0 Å². The van der Waals surface area contributed by atoms with Crippen molar-refractivity contribution in [2.24, 2.45) is 5.14 Å². The summed E-state index contributed by atoms with van der Waals surface area (Å²) in [6.07, 6.45) is -0.00294. The Morgan fingerprint density at radius 3 is 2.38 bits per heavy atom. The van der Waals surface area contributed by atoms with Crippen molar-refractivity contribution in [3.8, 4) is 0 Å². The Hall–Kier alpha value is -2.78. The highest BCUT2D eigenvalue weighted by Crippen LogP contribution is 2.20. The van der Waals surface area contributed by atoms with Crippen LogP contribution in [0.2, 0.25) is 0 Å². The lowest BCUT2D eigenvalue weighted by Gasteiger charge is -2.10. The lowest BCUT2D eigenvalue weighted by atomic mass is 10.1. The van der Waals surface area contributed by atoms with Gasteiger partial charge >= 0.3 is 0 Å². The molecule has 0 radical (unpaired) electrons. The SMILES string of the molecule is Cc1ccc(S(N)(=O)=O)cc1NC(=O)Cc1ccc([N+](=O)[O-])cc1. The third-order valence-electron chi connectivity index (χ3n) is 3.32. The largest absolute Gasteiger partial charge is 0.326 e. The normalized spacial score (nSPS) is 11.1. The summed E-state index contributed by atoms with van der Waals surface area (Å²) in [5, 5.41) is 18.3. The summed E-state index contributed by atoms with van der Waals surface area (Å²) in [5.74, 6) is -0.376. The number of non-ortho nitro benzene ring substituents is 1. The third kappa shape index (κ3) is 4.37. The van der Waals surface area contributed by atoms with E-state index in [0.717, 1.165) is 0 Å². The molecule has 0 spiro atoms. The van der Waals surface area contributed by atoms with Crippen LogP contribution >= 0.6 is 0 Å². The van der Waals surface area contributed by atoms with Gasteiger partial charge in [-0.1, -0.05) is 18.2 Å². The molecule has 1 amide bonds. The highest BCUT2D eigenvalue weighted by Gasteiger charge is 2.12. The van der Waals surface area contributed by atoms with Gasteiger partial charge in [-0.25, -0.2) is 13.6 Å². The van der Waals surface area contributed by atoms with Crippen LogP contribution in [0.5, 0.6) is 0 Å². The number of nitrogens with one attached hydrogen (secondary N) is 1. The predicted octanol–water partition coefficient (Wildman–Crippen LogP) is 1.73. The van der Waals surface area contributed by atoms with Gasteiger partial charge in [-0.05, 0) is 30.2 Å². The van der Waals surface area contributed by atoms with Gasteiger partial charge in [-0.15, -0.1) is 0 Å². The number of hydrogen-bond donors (Lipinski definition) is 2. The molecule has 0 fully saturated rings. The molecule has 0 saturated carbocycles. The second-order valence-corrected chi connectivity index (χ2v) is 6.73. The second-order valence-electron chi connectivity index (χ2n) is 5.17. The van der Waals surface area contributed by atoms with Crippen LogP contribution in [-0.4, -0.2) is 19.2 Å². The molecule has 0 aromatic heterocycles. The van der Waals surface area contributed by atoms with E-state index >= 15 is 0 Å². The van der Waals surface area contributed by atoms with Crippen LogP contribution in [0.4, 0.5) is 11.4 Å². The Morgan fingerprint density at radius 1 is 1.21 bits per heavy atom. The minimum Gasteiger partial charge on any atom is -0.326 e. The molecule has 2 rings (SSSR count). The van der Waals surface area contributed by atoms with Gasteiger partial charge in [0.1, 0.15) is 0 Å². The molecule has 3 N–H and O–H groups in total. The maximum absolute atomic E-state index is 12.1. The summed E-state index contributed by atoms with van der Waals surface area (Å²) in [5.41, 5.74) is 1.56. The number of sulfonamides is 1. The van der Waals surface area contributed by atoms with Gasteiger partial charge in [0.25, 0.3) is 5.69 Å². The monoisotopic (exact) mass is 349 g/mol. The molecule has 0 atom stereocenters. The number of rotatable bonds is 5. The summed E-state index contributed by atoms with van der Waals surface area (Å²) in [6, 6.07) is 9.80. The number of aryl methyl sites for hydroxylation is 1. The minimum absolute atomic E-state index is 0.00294. The minimum atomic E-state index is -3.86. The van der Waals surface area contributed by atoms with Crippen molar-refractivity contribution in [2.45, 2.75) is 18.2 Å². The lowest BCUT2D eigenvalue weighted by Crippen LogP contribution is -2.17. The average molecular weight is 349 g/mol. The molecule has 9 heteroatoms. The van der Waals surface area contributed by atoms with E-state index in [2.05, 4.69) is 5.32 Å². The molecule has 0 bridgehead atoms. The van der Waals surface area contributed by atoms with E-state index in [1.807, 2.05) is 0 Å². The summed E-state index contributed by atoms with van der Waals surface area (Å²) >= 11 is 0. The summed E-state index contributed by atoms with van der Waals surface area (Å²) in [4.78, 5) is 22.1. The van der Waals surface area contributed by atoms with Crippen molar-refractivity contribution in [3.05, 3.63) is 63.7 Å². The first-order chi connectivity index (χ1) is 11.2. The van der Waals surface area contributed by atoms with Crippen molar-refractivity contribution >= 4 is 27.3 Å². The maximum Gasteiger partial charge on any atom is 0.269 e. The van der Waals surface area contributed by atoms with Crippen molar-refractivity contribution in [3.63, 3.8) is 0 Å². The van der Waals surface area contributed by atoms with Gasteiger partial charge in [0.2, 0.25) is 15.9 Å². The standard InChI is InChI=1S/C15H15N3O5S/c1-10-2-7-13(24(16,22)23)9-14(10)17-15(19)8-11-3-5-12(6-4-11)18(20)21/h2-7,9H,8H2,1H3,(H,17,19)(H2,16,22,23). The average Bonchev–Trinajstić information content (AvgIpc) is 2.48. The Kier molecular flexibility index (Phi) is 4.96. The van der Waals surface area contributed by atoms with Gasteiger partial charge in [0.05, 0.1) is 16.2 Å². The van der Waals surface area contributed by atoms with Crippen LogP contribution in [0.15, 0.2) is 47.4 Å². The van der Waals surface area contributed by atoms with Crippen molar-refractivity contribution < 1.29 is 18.1 Å². The van der Waals surface area contributed by atoms with Gasteiger partial charge < -0.3 is 5.32 Å². The predicted molar refractivity (Wildman–Crippen MR) is 88.0 cm³/mol. The van der Waals surface area contributed by atoms with Crippen LogP contribution in [-0.2, 0) is 21.2 Å². The maximum atomic E-state index is 12.1. The van der Waals surface area contributed by atoms with Gasteiger partial charge in [0, 0.05) is 17.8 Å². The van der Waals surface area contributed by atoms with Gasteiger partial charge in [0.15, 0.2) is 0 Å². The van der Waals surface area contributed by atoms with Crippen LogP contribution in [0.3, 0.4) is 0 Å². The van der Waals surface area contributed by atoms with E-state index in [4.69, 9.17) is 5.14 Å². The highest BCUT2D eigenvalue weighted by atomic mass is 32.2. The summed E-state index contributed by atoms with van der Waals surface area (Å²) in [7, 11) is -3.86. The first-order valence-electron chi connectivity index (χ1n) is 6.83. The first kappa shape index (κ1) is 17.6. The molecule has 2 aromatic rings. The topological polar surface area (TPSA) is 132 Å². The number of primary sulfonamides is 1. The zero-order chi connectivity index (χ0) is 17.9. The Bertz CT molecular complexity index is 892. The van der Waals surface area contributed by atoms with E-state index in [0.29, 0.717) is 16.8 Å². The number of hydrogen-bond acceptors (Lipinski definition) is 5. The molecule has 0 aliphatic carbocycles. The van der Waals surface area contributed by atoms with Crippen molar-refractivity contribution in [1.29, 1.82) is 0 Å². The number of benzene rings is 2. The summed E-state index contributed by atoms with van der Waals surface area (Å²) in [6.45, 7) is 1.72. The molecule has 0 aliphatic heterocycles. The lowest BCUT2D eigenvalue weighted by molar-refractivity contribution is -0.384. The van der Waals surface area contributed by atoms with E-state index in [1.165, 1.54) is 36.4 Å². The molecule has 2 aromatic carbocycles. The number of anilines is 1. The molecular weight excluding hydrogens is 334 g/mol. The van der Waals surface area contributed by atoms with E-state index in [-0.39, 0.29) is 22.9 Å². The zero-order valence-corrected chi connectivity index (χ0v) is 13.5. The number of nitro groups is 1. The molecule has 126 valence electrons. The Morgan fingerprint density at radius 2 is 1.83 bits per heavy atom. The van der Waals surface area contributed by atoms with Gasteiger partial charge in [-0.3, -0.25) is 14.9 Å². The molecule has 8 nitrogen and oxygen atoms in total. The number of amides is 1. The van der Waals surface area contributed by atoms with E-state index < -0.39 is 14.9 Å². The fourth-order valence-corrected chi connectivity index (χ4v) is 2.57. The van der Waals surface area contributed by atoms with Crippen LogP contribution in [0.25, 0.3) is 0 Å². The molecule has 0 saturated heterocycles. The smallest absolute Gasteiger partial charge is 0.269 e. The van der Waals surface area contributed by atoms with Crippen LogP contribution in [0, 0.1) is 17.0 Å². The van der Waals surface area contributed by atoms with E-state index in [1.54, 1.807) is 13.0 Å². The molecular formula is C15H15N3O5S. The number of nitrogens with two attached hydrogens (primary N) is 1. The number of nitrogens with zero attached hydrogens (tertiary/aromatic N) is 1. The number of carbonyl (C=O) groups is 1. The quantitative estimate of drug-likeness (QED) is 0.626. The van der Waals surface area contributed by atoms with Crippen molar-refractivity contribution in [2.75, 3.05) is 5.32 Å². The molecule has 0 unspecified atom stereocenters. The summed E-state index contributed by atoms with van der Waals surface area (Å²) < 4.78 is 22.7. The van der Waals surface area contributed by atoms with E-state index in [9.17, 15) is 23.3 Å². The molecule has 0 heterocycles. The first-order valence-corrected chi connectivity index (χ1v) is 8.38. The Labute approximate surface area is 138 Å². The third-order valence-corrected chi connectivity index (χ3v) is 4.23. The van der Waals surface area contributed by atoms with Gasteiger partial charge in [-0.2, -0.15) is 0 Å². The van der Waals surface area contributed by atoms with Crippen LogP contribution < -0.4 is 10.5 Å². The second kappa shape index (κ2) is 6.77. The number of carbonyl (C=O) groups excluding carboxylic acids is 1. The van der Waals surface area contributed by atoms with Crippen LogP contribution in [0.1, 0.15) is 11.1 Å².